The van der Waals surface area contributed by atoms with Crippen LogP contribution in [-0.4, -0.2) is 24.2 Å². The molecular weight excluding hydrogens is 269 g/mol. The second-order valence-electron chi connectivity index (χ2n) is 5.26. The van der Waals surface area contributed by atoms with Crippen molar-refractivity contribution in [3.63, 3.8) is 0 Å². The van der Waals surface area contributed by atoms with Gasteiger partial charge in [0.1, 0.15) is 5.82 Å². The van der Waals surface area contributed by atoms with Gasteiger partial charge in [0.25, 0.3) is 5.91 Å². The molecule has 0 radical (unpaired) electrons. The average Bonchev–Trinajstić information content (AvgIpc) is 2.45. The summed E-state index contributed by atoms with van der Waals surface area (Å²) in [5.74, 6) is 5.10. The third-order valence-electron chi connectivity index (χ3n) is 2.93. The highest BCUT2D eigenvalue weighted by Gasteiger charge is 2.08. The van der Waals surface area contributed by atoms with Gasteiger partial charge in [-0.05, 0) is 37.0 Å². The number of benzene rings is 1. The van der Waals surface area contributed by atoms with Crippen LogP contribution in [0.25, 0.3) is 0 Å². The van der Waals surface area contributed by atoms with Crippen LogP contribution < -0.4 is 5.32 Å². The Morgan fingerprint density at radius 3 is 2.81 bits per heavy atom. The second kappa shape index (κ2) is 9.15. The normalized spacial score (nSPS) is 10.1. The zero-order chi connectivity index (χ0) is 15.7. The van der Waals surface area contributed by atoms with Gasteiger partial charge in [0.05, 0.1) is 12.2 Å². The van der Waals surface area contributed by atoms with Crippen molar-refractivity contribution in [2.75, 3.05) is 13.2 Å². The van der Waals surface area contributed by atoms with Gasteiger partial charge in [0.15, 0.2) is 0 Å². The Morgan fingerprint density at radius 2 is 2.19 bits per heavy atom. The van der Waals surface area contributed by atoms with Gasteiger partial charge in [-0.2, -0.15) is 0 Å². The van der Waals surface area contributed by atoms with Crippen LogP contribution in [0.4, 0.5) is 4.39 Å². The number of hydrogen-bond acceptors (Lipinski definition) is 2. The van der Waals surface area contributed by atoms with Crippen LogP contribution in [0.3, 0.4) is 0 Å². The summed E-state index contributed by atoms with van der Waals surface area (Å²) in [6.07, 6.45) is 2.27. The highest BCUT2D eigenvalue weighted by Crippen LogP contribution is 2.10. The van der Waals surface area contributed by atoms with Crippen LogP contribution in [0.15, 0.2) is 18.2 Å². The first-order valence-corrected chi connectivity index (χ1v) is 7.22. The molecule has 0 spiro atoms. The number of aliphatic hydroxyl groups is 1. The Morgan fingerprint density at radius 1 is 1.43 bits per heavy atom. The van der Waals surface area contributed by atoms with Gasteiger partial charge >= 0.3 is 0 Å². The smallest absolute Gasteiger partial charge is 0.251 e. The van der Waals surface area contributed by atoms with Gasteiger partial charge in [-0.15, -0.1) is 0 Å². The summed E-state index contributed by atoms with van der Waals surface area (Å²) >= 11 is 0. The van der Waals surface area contributed by atoms with Gasteiger partial charge in [-0.3, -0.25) is 4.79 Å². The number of nitrogens with one attached hydrogen (secondary N) is 1. The standard InChI is InChI=1S/C17H22FNO2/c1-13(2)6-5-10-19-17(21)15-9-8-14(16(18)12-15)7-3-4-11-20/h8-9,12-13,20H,4-6,10-11H2,1-2H3,(H,19,21). The maximum absolute atomic E-state index is 13.8. The minimum Gasteiger partial charge on any atom is -0.395 e. The molecule has 0 aromatic heterocycles. The van der Waals surface area contributed by atoms with Gasteiger partial charge < -0.3 is 10.4 Å². The van der Waals surface area contributed by atoms with Crippen LogP contribution in [0.1, 0.15) is 49.0 Å². The number of halogens is 1. The molecule has 0 aliphatic rings. The van der Waals surface area contributed by atoms with Crippen molar-refractivity contribution in [3.05, 3.63) is 35.1 Å². The molecule has 0 saturated carbocycles. The molecule has 0 atom stereocenters. The van der Waals surface area contributed by atoms with Crippen molar-refractivity contribution in [1.82, 2.24) is 5.32 Å². The molecule has 0 saturated heterocycles. The first kappa shape index (κ1) is 17.2. The largest absolute Gasteiger partial charge is 0.395 e. The molecule has 2 N–H and O–H groups in total. The summed E-state index contributed by atoms with van der Waals surface area (Å²) in [5, 5.41) is 11.4. The molecule has 0 heterocycles. The van der Waals surface area contributed by atoms with E-state index in [9.17, 15) is 9.18 Å². The fourth-order valence-electron chi connectivity index (χ4n) is 1.79. The van der Waals surface area contributed by atoms with Crippen molar-refractivity contribution in [1.29, 1.82) is 0 Å². The van der Waals surface area contributed by atoms with E-state index in [-0.39, 0.29) is 18.1 Å². The molecule has 1 aromatic carbocycles. The van der Waals surface area contributed by atoms with Gasteiger partial charge in [0.2, 0.25) is 0 Å². The average molecular weight is 291 g/mol. The first-order chi connectivity index (χ1) is 10.0. The zero-order valence-electron chi connectivity index (χ0n) is 12.6. The zero-order valence-corrected chi connectivity index (χ0v) is 12.6. The highest BCUT2D eigenvalue weighted by atomic mass is 19.1. The van der Waals surface area contributed by atoms with E-state index in [0.717, 1.165) is 12.8 Å². The van der Waals surface area contributed by atoms with E-state index in [2.05, 4.69) is 31.0 Å². The molecule has 0 unspecified atom stereocenters. The molecule has 0 fully saturated rings. The second-order valence-corrected chi connectivity index (χ2v) is 5.26. The SMILES string of the molecule is CC(C)CCCNC(=O)c1ccc(C#CCCO)c(F)c1. The van der Waals surface area contributed by atoms with E-state index >= 15 is 0 Å². The molecule has 0 aliphatic heterocycles. The quantitative estimate of drug-likeness (QED) is 0.625. The molecule has 4 heteroatoms. The van der Waals surface area contributed by atoms with E-state index in [1.54, 1.807) is 6.07 Å². The maximum Gasteiger partial charge on any atom is 0.251 e. The lowest BCUT2D eigenvalue weighted by molar-refractivity contribution is 0.0952. The molecule has 3 nitrogen and oxygen atoms in total. The predicted molar refractivity (Wildman–Crippen MR) is 81.4 cm³/mol. The minimum absolute atomic E-state index is 0.0501. The predicted octanol–water partition coefficient (Wildman–Crippen LogP) is 2.73. The Bertz CT molecular complexity index is 529. The van der Waals surface area contributed by atoms with Gasteiger partial charge in [0, 0.05) is 18.5 Å². The number of amides is 1. The topological polar surface area (TPSA) is 49.3 Å². The van der Waals surface area contributed by atoms with Crippen molar-refractivity contribution in [2.24, 2.45) is 5.92 Å². The molecule has 1 rings (SSSR count). The molecule has 114 valence electrons. The number of carbonyl (C=O) groups is 1. The van der Waals surface area contributed by atoms with Crippen LogP contribution in [0, 0.1) is 23.6 Å². The van der Waals surface area contributed by atoms with Crippen LogP contribution >= 0.6 is 0 Å². The summed E-state index contributed by atoms with van der Waals surface area (Å²) < 4.78 is 13.8. The molecule has 0 bridgehead atoms. The van der Waals surface area contributed by atoms with E-state index < -0.39 is 5.82 Å². The van der Waals surface area contributed by atoms with Crippen molar-refractivity contribution in [3.8, 4) is 11.8 Å². The summed E-state index contributed by atoms with van der Waals surface area (Å²) in [6.45, 7) is 4.81. The number of hydrogen-bond donors (Lipinski definition) is 2. The van der Waals surface area contributed by atoms with E-state index in [0.29, 0.717) is 24.4 Å². The lowest BCUT2D eigenvalue weighted by atomic mass is 10.1. The number of carbonyl (C=O) groups excluding carboxylic acids is 1. The highest BCUT2D eigenvalue weighted by molar-refractivity contribution is 5.94. The summed E-state index contributed by atoms with van der Waals surface area (Å²) in [4.78, 5) is 11.9. The number of rotatable bonds is 6. The summed E-state index contributed by atoms with van der Waals surface area (Å²) in [5.41, 5.74) is 0.532. The molecule has 1 aromatic rings. The first-order valence-electron chi connectivity index (χ1n) is 7.22. The molecular formula is C17H22FNO2. The minimum atomic E-state index is -0.518. The van der Waals surface area contributed by atoms with Crippen molar-refractivity contribution >= 4 is 5.91 Å². The Kier molecular flexibility index (Phi) is 7.49. The fraction of sp³-hybridized carbons (Fsp3) is 0.471. The van der Waals surface area contributed by atoms with Crippen LogP contribution in [-0.2, 0) is 0 Å². The molecule has 1 amide bonds. The fourth-order valence-corrected chi connectivity index (χ4v) is 1.79. The van der Waals surface area contributed by atoms with E-state index in [1.165, 1.54) is 12.1 Å². The summed E-state index contributed by atoms with van der Waals surface area (Å²) in [6, 6.07) is 4.24. The van der Waals surface area contributed by atoms with Crippen LogP contribution in [0.5, 0.6) is 0 Å². The maximum atomic E-state index is 13.8. The molecule has 0 aliphatic carbocycles. The molecule has 21 heavy (non-hydrogen) atoms. The Balaban J connectivity index is 2.58. The lowest BCUT2D eigenvalue weighted by Crippen LogP contribution is -2.24. The monoisotopic (exact) mass is 291 g/mol. The summed E-state index contributed by atoms with van der Waals surface area (Å²) in [7, 11) is 0. The lowest BCUT2D eigenvalue weighted by Gasteiger charge is -2.07. The Hall–Kier alpha value is -1.86. The third kappa shape index (κ3) is 6.42. The van der Waals surface area contributed by atoms with E-state index in [1.807, 2.05) is 0 Å². The van der Waals surface area contributed by atoms with Gasteiger partial charge in [-0.1, -0.05) is 25.7 Å². The van der Waals surface area contributed by atoms with Crippen molar-refractivity contribution < 1.29 is 14.3 Å². The van der Waals surface area contributed by atoms with Crippen LogP contribution in [0.2, 0.25) is 0 Å². The van der Waals surface area contributed by atoms with E-state index in [4.69, 9.17) is 5.11 Å². The third-order valence-corrected chi connectivity index (χ3v) is 2.93. The van der Waals surface area contributed by atoms with Gasteiger partial charge in [-0.25, -0.2) is 4.39 Å². The Labute approximate surface area is 125 Å². The van der Waals surface area contributed by atoms with Crippen molar-refractivity contribution in [2.45, 2.75) is 33.1 Å². The number of aliphatic hydroxyl groups excluding tert-OH is 1.